The zero-order chi connectivity index (χ0) is 14.4. The van der Waals surface area contributed by atoms with Gasteiger partial charge in [-0.05, 0) is 6.42 Å². The minimum atomic E-state index is -6.09. The van der Waals surface area contributed by atoms with Crippen molar-refractivity contribution in [1.29, 1.82) is 0 Å². The predicted molar refractivity (Wildman–Crippen MR) is 60.0 cm³/mol. The number of rotatable bonds is 3. The van der Waals surface area contributed by atoms with Gasteiger partial charge in [0, 0.05) is 12.3 Å². The van der Waals surface area contributed by atoms with Crippen molar-refractivity contribution >= 4 is 10.1 Å². The summed E-state index contributed by atoms with van der Waals surface area (Å²) in [6.07, 6.45) is 5.77. The molecule has 2 unspecified atom stereocenters. The van der Waals surface area contributed by atoms with E-state index in [1.165, 1.54) is 38.8 Å². The second-order valence-electron chi connectivity index (χ2n) is 4.61. The molecule has 110 valence electrons. The highest BCUT2D eigenvalue weighted by Gasteiger charge is 2.36. The van der Waals surface area contributed by atoms with Crippen molar-refractivity contribution in [3.05, 3.63) is 0 Å². The van der Waals surface area contributed by atoms with Crippen molar-refractivity contribution in [2.75, 3.05) is 20.1 Å². The molecular weight excluding hydrogens is 271 g/mol. The highest BCUT2D eigenvalue weighted by atomic mass is 32.2. The van der Waals surface area contributed by atoms with Crippen LogP contribution in [-0.2, 0) is 10.1 Å². The van der Waals surface area contributed by atoms with Gasteiger partial charge in [-0.1, -0.05) is 19.8 Å². The molecule has 1 saturated heterocycles. The highest BCUT2D eigenvalue weighted by molar-refractivity contribution is 7.86. The molecular formula is C10H20F3NO3S. The summed E-state index contributed by atoms with van der Waals surface area (Å²) in [5.74, 6) is 1.06. The van der Waals surface area contributed by atoms with Crippen LogP contribution in [0.5, 0.6) is 0 Å². The van der Waals surface area contributed by atoms with Crippen molar-refractivity contribution in [1.82, 2.24) is 0 Å². The molecule has 4 nitrogen and oxygen atoms in total. The molecule has 8 heteroatoms. The standard InChI is InChI=1S/C9H19N.CHF3O3S/c1-3-4-5-9-6-7-10(2)8-9;2-1(3,4)8(5,6)7/h9H,3-8H2,1-2H3;(H,5,6,7). The zero-order valence-corrected chi connectivity index (χ0v) is 11.4. The number of halogens is 3. The normalized spacial score (nSPS) is 24.6. The van der Waals surface area contributed by atoms with Crippen LogP contribution in [0.4, 0.5) is 13.2 Å². The first-order valence-electron chi connectivity index (χ1n) is 5.91. The van der Waals surface area contributed by atoms with Crippen LogP contribution in [0.25, 0.3) is 0 Å². The first kappa shape index (κ1) is 17.7. The number of hydrogen-bond acceptors (Lipinski definition) is 3. The van der Waals surface area contributed by atoms with Crippen LogP contribution in [0, 0.1) is 5.92 Å². The van der Waals surface area contributed by atoms with E-state index in [9.17, 15) is 13.2 Å². The first-order chi connectivity index (χ1) is 8.08. The predicted octanol–water partition coefficient (Wildman–Crippen LogP) is 0.763. The van der Waals surface area contributed by atoms with Crippen LogP contribution >= 0.6 is 0 Å². The Hall–Kier alpha value is -0.340. The number of alkyl halides is 3. The molecule has 1 heterocycles. The maximum absolute atomic E-state index is 10.7. The van der Waals surface area contributed by atoms with E-state index in [-0.39, 0.29) is 0 Å². The van der Waals surface area contributed by atoms with E-state index in [2.05, 4.69) is 14.0 Å². The van der Waals surface area contributed by atoms with E-state index >= 15 is 0 Å². The topological polar surface area (TPSA) is 61.6 Å². The van der Waals surface area contributed by atoms with Crippen molar-refractivity contribution in [3.8, 4) is 0 Å². The summed E-state index contributed by atoms with van der Waals surface area (Å²) in [6, 6.07) is 0. The average molecular weight is 291 g/mol. The minimum Gasteiger partial charge on any atom is -0.741 e. The Morgan fingerprint density at radius 3 is 2.17 bits per heavy atom. The fourth-order valence-electron chi connectivity index (χ4n) is 1.89. The molecule has 1 aliphatic rings. The van der Waals surface area contributed by atoms with Crippen molar-refractivity contribution < 1.29 is 31.0 Å². The SMILES string of the molecule is CCCCC1CC[NH+](C)C1.O=S(=O)([O-])C(F)(F)F. The molecule has 0 saturated carbocycles. The monoisotopic (exact) mass is 291 g/mol. The van der Waals surface area contributed by atoms with Gasteiger partial charge in [0.1, 0.15) is 0 Å². The largest absolute Gasteiger partial charge is 0.741 e. The van der Waals surface area contributed by atoms with Gasteiger partial charge in [0.15, 0.2) is 10.1 Å². The Balaban J connectivity index is 0.000000331. The van der Waals surface area contributed by atoms with E-state index in [1.807, 2.05) is 0 Å². The minimum absolute atomic E-state index is 1.06. The Labute approximate surface area is 106 Å². The first-order valence-corrected chi connectivity index (χ1v) is 7.32. The van der Waals surface area contributed by atoms with Gasteiger partial charge in [-0.2, -0.15) is 13.2 Å². The lowest BCUT2D eigenvalue weighted by atomic mass is 10.0. The van der Waals surface area contributed by atoms with Crippen LogP contribution in [0.2, 0.25) is 0 Å². The molecule has 0 bridgehead atoms. The van der Waals surface area contributed by atoms with E-state index in [0.717, 1.165) is 5.92 Å². The van der Waals surface area contributed by atoms with Gasteiger partial charge >= 0.3 is 5.51 Å². The number of quaternary nitrogens is 1. The fraction of sp³-hybridized carbons (Fsp3) is 1.00. The molecule has 1 rings (SSSR count). The third-order valence-corrected chi connectivity index (χ3v) is 3.43. The second kappa shape index (κ2) is 7.30. The van der Waals surface area contributed by atoms with Crippen LogP contribution in [-0.4, -0.2) is 38.6 Å². The van der Waals surface area contributed by atoms with Crippen LogP contribution in [0.3, 0.4) is 0 Å². The molecule has 1 aliphatic heterocycles. The van der Waals surface area contributed by atoms with Gasteiger partial charge < -0.3 is 9.45 Å². The summed E-state index contributed by atoms with van der Waals surface area (Å²) in [7, 11) is -3.78. The third kappa shape index (κ3) is 7.17. The third-order valence-electron chi connectivity index (χ3n) is 2.87. The Morgan fingerprint density at radius 2 is 1.89 bits per heavy atom. The molecule has 2 atom stereocenters. The van der Waals surface area contributed by atoms with Crippen molar-refractivity contribution in [3.63, 3.8) is 0 Å². The summed E-state index contributed by atoms with van der Waals surface area (Å²) >= 11 is 0. The number of hydrogen-bond donors (Lipinski definition) is 1. The maximum Gasteiger partial charge on any atom is 0.485 e. The summed E-state index contributed by atoms with van der Waals surface area (Å²) < 4.78 is 58.9. The molecule has 0 aliphatic carbocycles. The number of likely N-dealkylation sites (tertiary alicyclic amines) is 1. The molecule has 0 spiro atoms. The molecule has 1 N–H and O–H groups in total. The van der Waals surface area contributed by atoms with E-state index in [0.29, 0.717) is 0 Å². The summed E-state index contributed by atoms with van der Waals surface area (Å²) in [6.45, 7) is 5.12. The van der Waals surface area contributed by atoms with E-state index in [4.69, 9.17) is 13.0 Å². The molecule has 0 aromatic carbocycles. The van der Waals surface area contributed by atoms with E-state index in [1.54, 1.807) is 4.90 Å². The van der Waals surface area contributed by atoms with E-state index < -0.39 is 15.6 Å². The fourth-order valence-corrected chi connectivity index (χ4v) is 1.89. The van der Waals surface area contributed by atoms with Gasteiger partial charge in [0.25, 0.3) is 0 Å². The number of unbranched alkanes of at least 4 members (excludes halogenated alkanes) is 1. The Bertz CT molecular complexity index is 330. The number of nitrogens with one attached hydrogen (secondary N) is 1. The van der Waals surface area contributed by atoms with Gasteiger partial charge in [0.05, 0.1) is 20.1 Å². The van der Waals surface area contributed by atoms with Crippen LogP contribution < -0.4 is 4.90 Å². The lowest BCUT2D eigenvalue weighted by Gasteiger charge is -2.08. The van der Waals surface area contributed by atoms with Crippen molar-refractivity contribution in [2.24, 2.45) is 5.92 Å². The molecule has 0 radical (unpaired) electrons. The quantitative estimate of drug-likeness (QED) is 0.617. The van der Waals surface area contributed by atoms with Gasteiger partial charge in [0.2, 0.25) is 0 Å². The summed E-state index contributed by atoms with van der Waals surface area (Å²) in [5.41, 5.74) is -5.65. The highest BCUT2D eigenvalue weighted by Crippen LogP contribution is 2.20. The maximum atomic E-state index is 10.7. The molecule has 18 heavy (non-hydrogen) atoms. The van der Waals surface area contributed by atoms with Crippen LogP contribution in [0.1, 0.15) is 32.6 Å². The molecule has 0 amide bonds. The molecule has 0 aromatic rings. The summed E-state index contributed by atoms with van der Waals surface area (Å²) in [5, 5.41) is 0. The van der Waals surface area contributed by atoms with Gasteiger partial charge in [-0.15, -0.1) is 0 Å². The summed E-state index contributed by atoms with van der Waals surface area (Å²) in [4.78, 5) is 1.74. The Kier molecular flexibility index (Phi) is 7.16. The second-order valence-corrected chi connectivity index (χ2v) is 5.98. The average Bonchev–Trinajstić information content (AvgIpc) is 2.59. The van der Waals surface area contributed by atoms with Gasteiger partial charge in [-0.3, -0.25) is 0 Å². The molecule has 0 aromatic heterocycles. The zero-order valence-electron chi connectivity index (χ0n) is 10.6. The lowest BCUT2D eigenvalue weighted by molar-refractivity contribution is -0.867. The lowest BCUT2D eigenvalue weighted by Crippen LogP contribution is -3.07. The Morgan fingerprint density at radius 1 is 1.39 bits per heavy atom. The smallest absolute Gasteiger partial charge is 0.485 e. The van der Waals surface area contributed by atoms with Gasteiger partial charge in [-0.25, -0.2) is 8.42 Å². The van der Waals surface area contributed by atoms with Crippen molar-refractivity contribution in [2.45, 2.75) is 38.1 Å². The van der Waals surface area contributed by atoms with Crippen LogP contribution in [0.15, 0.2) is 0 Å². The molecule has 1 fully saturated rings.